The van der Waals surface area contributed by atoms with Crippen LogP contribution in [0.3, 0.4) is 0 Å². The third-order valence-corrected chi connectivity index (χ3v) is 4.22. The first-order valence-corrected chi connectivity index (χ1v) is 7.73. The predicted octanol–water partition coefficient (Wildman–Crippen LogP) is 2.56. The lowest BCUT2D eigenvalue weighted by molar-refractivity contribution is -0.118. The van der Waals surface area contributed by atoms with Gasteiger partial charge in [-0.25, -0.2) is 4.98 Å². The van der Waals surface area contributed by atoms with Gasteiger partial charge in [0.15, 0.2) is 6.61 Å². The maximum atomic E-state index is 11.4. The molecule has 5 nitrogen and oxygen atoms in total. The number of nitrogens with zero attached hydrogens (tertiary/aromatic N) is 1. The average molecular weight is 303 g/mol. The molecule has 2 heterocycles. The Kier molecular flexibility index (Phi) is 3.90. The van der Waals surface area contributed by atoms with Crippen molar-refractivity contribution in [3.63, 3.8) is 0 Å². The number of amides is 1. The van der Waals surface area contributed by atoms with Crippen molar-refractivity contribution in [3.05, 3.63) is 28.1 Å². The highest BCUT2D eigenvalue weighted by molar-refractivity contribution is 7.12. The summed E-state index contributed by atoms with van der Waals surface area (Å²) in [7, 11) is 0. The van der Waals surface area contributed by atoms with Crippen LogP contribution in [0.25, 0.3) is 11.3 Å². The highest BCUT2D eigenvalue weighted by atomic mass is 32.1. The lowest BCUT2D eigenvalue weighted by atomic mass is 10.1. The number of ether oxygens (including phenoxy) is 1. The minimum absolute atomic E-state index is 0.0783. The van der Waals surface area contributed by atoms with Crippen LogP contribution >= 0.6 is 11.3 Å². The molecule has 0 fully saturated rings. The molecule has 0 radical (unpaired) electrons. The number of benzene rings is 1. The fourth-order valence-electron chi connectivity index (χ4n) is 2.26. The molecule has 0 saturated heterocycles. The number of rotatable bonds is 4. The fourth-order valence-corrected chi connectivity index (χ4v) is 3.18. The zero-order valence-electron chi connectivity index (χ0n) is 12.0. The van der Waals surface area contributed by atoms with Crippen LogP contribution < -0.4 is 15.4 Å². The molecule has 0 aliphatic carbocycles. The van der Waals surface area contributed by atoms with Gasteiger partial charge in [0, 0.05) is 17.0 Å². The Morgan fingerprint density at radius 2 is 2.33 bits per heavy atom. The van der Waals surface area contributed by atoms with Gasteiger partial charge in [0.2, 0.25) is 0 Å². The van der Waals surface area contributed by atoms with E-state index in [1.807, 2.05) is 18.2 Å². The van der Waals surface area contributed by atoms with Crippen LogP contribution in [-0.2, 0) is 11.3 Å². The van der Waals surface area contributed by atoms with Crippen LogP contribution in [0, 0.1) is 6.92 Å². The number of aryl methyl sites for hydroxylation is 1. The topological polar surface area (TPSA) is 63.2 Å². The zero-order chi connectivity index (χ0) is 14.8. The molecule has 2 aromatic rings. The van der Waals surface area contributed by atoms with Gasteiger partial charge in [0.1, 0.15) is 10.8 Å². The summed E-state index contributed by atoms with van der Waals surface area (Å²) in [6, 6.07) is 5.79. The number of fused-ring (bicyclic) bond motifs is 1. The van der Waals surface area contributed by atoms with Crippen molar-refractivity contribution < 1.29 is 9.53 Å². The molecule has 21 heavy (non-hydrogen) atoms. The van der Waals surface area contributed by atoms with E-state index >= 15 is 0 Å². The van der Waals surface area contributed by atoms with Crippen molar-refractivity contribution in [3.8, 4) is 17.0 Å². The number of aromatic nitrogens is 1. The van der Waals surface area contributed by atoms with Crippen LogP contribution in [0.4, 0.5) is 5.69 Å². The van der Waals surface area contributed by atoms with Crippen LogP contribution in [-0.4, -0.2) is 24.0 Å². The van der Waals surface area contributed by atoms with Crippen molar-refractivity contribution >= 4 is 22.9 Å². The summed E-state index contributed by atoms with van der Waals surface area (Å²) in [6.07, 6.45) is 0. The van der Waals surface area contributed by atoms with Gasteiger partial charge in [-0.3, -0.25) is 4.79 Å². The summed E-state index contributed by atoms with van der Waals surface area (Å²) in [5.74, 6) is 0.585. The van der Waals surface area contributed by atoms with Gasteiger partial charge < -0.3 is 15.4 Å². The molecular formula is C15H17N3O2S. The Hall–Kier alpha value is -1.92. The van der Waals surface area contributed by atoms with Gasteiger partial charge in [-0.15, -0.1) is 11.3 Å². The number of carbonyl (C=O) groups is 1. The quantitative estimate of drug-likeness (QED) is 0.911. The van der Waals surface area contributed by atoms with Gasteiger partial charge >= 0.3 is 0 Å². The van der Waals surface area contributed by atoms with Gasteiger partial charge in [-0.2, -0.15) is 0 Å². The number of nitrogens with one attached hydrogen (secondary N) is 2. The molecule has 0 bridgehead atoms. The maximum Gasteiger partial charge on any atom is 0.262 e. The Morgan fingerprint density at radius 1 is 1.48 bits per heavy atom. The van der Waals surface area contributed by atoms with Crippen molar-refractivity contribution in [2.24, 2.45) is 0 Å². The van der Waals surface area contributed by atoms with Crippen molar-refractivity contribution in [2.45, 2.75) is 20.4 Å². The second kappa shape index (κ2) is 5.83. The Bertz CT molecular complexity index is 682. The smallest absolute Gasteiger partial charge is 0.262 e. The lowest BCUT2D eigenvalue weighted by Crippen LogP contribution is -2.25. The van der Waals surface area contributed by atoms with E-state index in [0.29, 0.717) is 11.4 Å². The van der Waals surface area contributed by atoms with Crippen LogP contribution in [0.5, 0.6) is 5.75 Å². The third-order valence-electron chi connectivity index (χ3n) is 3.25. The maximum absolute atomic E-state index is 11.4. The third kappa shape index (κ3) is 2.91. The molecule has 0 spiro atoms. The van der Waals surface area contributed by atoms with Crippen LogP contribution in [0.15, 0.2) is 18.2 Å². The van der Waals surface area contributed by atoms with Gasteiger partial charge in [0.05, 0.1) is 11.4 Å². The van der Waals surface area contributed by atoms with Crippen molar-refractivity contribution in [1.29, 1.82) is 0 Å². The normalized spacial score (nSPS) is 13.5. The monoisotopic (exact) mass is 303 g/mol. The number of thiazole rings is 1. The summed E-state index contributed by atoms with van der Waals surface area (Å²) in [4.78, 5) is 17.3. The second-order valence-corrected chi connectivity index (χ2v) is 6.13. The number of hydrogen-bond acceptors (Lipinski definition) is 5. The van der Waals surface area contributed by atoms with Crippen molar-refractivity contribution in [2.75, 3.05) is 18.5 Å². The van der Waals surface area contributed by atoms with E-state index in [9.17, 15) is 4.79 Å². The second-order valence-electron chi connectivity index (χ2n) is 4.84. The highest BCUT2D eigenvalue weighted by Crippen LogP contribution is 2.34. The van der Waals surface area contributed by atoms with E-state index < -0.39 is 0 Å². The molecule has 1 aliphatic heterocycles. The first-order valence-electron chi connectivity index (χ1n) is 6.91. The molecule has 6 heteroatoms. The SMILES string of the molecule is CCNCc1nc(-c2ccc3c(c2)NC(=O)CO3)c(C)s1. The Morgan fingerprint density at radius 3 is 3.14 bits per heavy atom. The van der Waals surface area contributed by atoms with Gasteiger partial charge in [0.25, 0.3) is 5.91 Å². The fraction of sp³-hybridized carbons (Fsp3) is 0.333. The average Bonchev–Trinajstić information content (AvgIpc) is 2.85. The molecule has 110 valence electrons. The molecule has 1 amide bonds. The van der Waals surface area contributed by atoms with Gasteiger partial charge in [-0.05, 0) is 31.7 Å². The number of anilines is 1. The van der Waals surface area contributed by atoms with E-state index in [0.717, 1.165) is 29.4 Å². The molecule has 1 aromatic carbocycles. The number of hydrogen-bond donors (Lipinski definition) is 2. The first kappa shape index (κ1) is 14.0. The molecule has 0 saturated carbocycles. The van der Waals surface area contributed by atoms with Gasteiger partial charge in [-0.1, -0.05) is 6.92 Å². The molecular weight excluding hydrogens is 286 g/mol. The van der Waals surface area contributed by atoms with E-state index in [4.69, 9.17) is 4.74 Å². The molecule has 1 aromatic heterocycles. The van der Waals surface area contributed by atoms with E-state index in [1.54, 1.807) is 11.3 Å². The summed E-state index contributed by atoms with van der Waals surface area (Å²) in [5, 5.41) is 7.18. The largest absolute Gasteiger partial charge is 0.482 e. The van der Waals surface area contributed by atoms with E-state index in [-0.39, 0.29) is 12.5 Å². The molecule has 0 atom stereocenters. The van der Waals surface area contributed by atoms with E-state index in [1.165, 1.54) is 4.88 Å². The first-order chi connectivity index (χ1) is 10.2. The molecule has 2 N–H and O–H groups in total. The van der Waals surface area contributed by atoms with Crippen LogP contribution in [0.1, 0.15) is 16.8 Å². The number of carbonyl (C=O) groups excluding carboxylic acids is 1. The summed E-state index contributed by atoms with van der Waals surface area (Å²) >= 11 is 1.69. The summed E-state index contributed by atoms with van der Waals surface area (Å²) in [6.45, 7) is 5.93. The zero-order valence-corrected chi connectivity index (χ0v) is 12.8. The highest BCUT2D eigenvalue weighted by Gasteiger charge is 2.18. The molecule has 3 rings (SSSR count). The van der Waals surface area contributed by atoms with Crippen LogP contribution in [0.2, 0.25) is 0 Å². The Balaban J connectivity index is 1.92. The molecule has 0 unspecified atom stereocenters. The van der Waals surface area contributed by atoms with E-state index in [2.05, 4.69) is 29.5 Å². The minimum Gasteiger partial charge on any atom is -0.482 e. The predicted molar refractivity (Wildman–Crippen MR) is 83.8 cm³/mol. The lowest BCUT2D eigenvalue weighted by Gasteiger charge is -2.18. The summed E-state index contributed by atoms with van der Waals surface area (Å²) in [5.41, 5.74) is 2.68. The standard InChI is InChI=1S/C15H17N3O2S/c1-3-16-7-14-18-15(9(2)21-14)10-4-5-12-11(6-10)17-13(19)8-20-12/h4-6,16H,3,7-8H2,1-2H3,(H,17,19). The molecule has 1 aliphatic rings. The minimum atomic E-state index is -0.123. The summed E-state index contributed by atoms with van der Waals surface area (Å²) < 4.78 is 5.38. The van der Waals surface area contributed by atoms with Crippen molar-refractivity contribution in [1.82, 2.24) is 10.3 Å². The Labute approximate surface area is 127 Å².